The number of aromatic nitrogens is 1. The Balaban J connectivity index is 1.79. The summed E-state index contributed by atoms with van der Waals surface area (Å²) in [6.07, 6.45) is -4.39. The summed E-state index contributed by atoms with van der Waals surface area (Å²) in [7, 11) is -1.33. The molecule has 0 saturated heterocycles. The fraction of sp³-hybridized carbons (Fsp3) is 0.440. The van der Waals surface area contributed by atoms with Gasteiger partial charge in [0.1, 0.15) is 30.8 Å². The van der Waals surface area contributed by atoms with Crippen LogP contribution in [-0.2, 0) is 9.53 Å². The maximum atomic E-state index is 13.3. The van der Waals surface area contributed by atoms with E-state index in [4.69, 9.17) is 4.74 Å². The predicted octanol–water partition coefficient (Wildman–Crippen LogP) is 5.18. The Morgan fingerprint density at radius 1 is 1.21 bits per heavy atom. The number of nitrogens with zero attached hydrogens (tertiary/aromatic N) is 4. The van der Waals surface area contributed by atoms with Gasteiger partial charge < -0.3 is 14.8 Å². The van der Waals surface area contributed by atoms with Gasteiger partial charge in [-0.15, -0.1) is 13.2 Å². The Bertz CT molecular complexity index is 1200. The number of hydrogen-bond donors (Lipinski definition) is 1. The van der Waals surface area contributed by atoms with Crippen LogP contribution in [0.4, 0.5) is 29.5 Å². The molecule has 2 aromatic rings. The number of carbonyl (C=O) groups is 2. The zero-order valence-corrected chi connectivity index (χ0v) is 22.6. The zero-order valence-electron chi connectivity index (χ0n) is 21.6. The highest BCUT2D eigenvalue weighted by molar-refractivity contribution is 6.76. The number of nitrogens with one attached hydrogen (secondary N) is 1. The topological polar surface area (TPSA) is 108 Å². The molecule has 0 aliphatic carbocycles. The highest BCUT2D eigenvalue weighted by atomic mass is 28.3. The molecule has 13 heteroatoms. The molecule has 38 heavy (non-hydrogen) atoms. The fourth-order valence-corrected chi connectivity index (χ4v) is 4.49. The van der Waals surface area contributed by atoms with Crippen LogP contribution in [0.2, 0.25) is 25.7 Å². The average molecular weight is 550 g/mol. The molecule has 1 N–H and O–H groups in total. The molecule has 0 fully saturated rings. The molecular weight excluding hydrogens is 519 g/mol. The monoisotopic (exact) mass is 549 g/mol. The molecule has 3 rings (SSSR count). The van der Waals surface area contributed by atoms with E-state index >= 15 is 0 Å². The number of fused-ring (bicyclic) bond motifs is 1. The fourth-order valence-electron chi connectivity index (χ4n) is 3.74. The number of carbonyl (C=O) groups excluding carboxylic acids is 2. The Labute approximate surface area is 220 Å². The van der Waals surface area contributed by atoms with E-state index in [2.05, 4.69) is 34.7 Å². The van der Waals surface area contributed by atoms with Gasteiger partial charge in [-0.3, -0.25) is 14.6 Å². The van der Waals surface area contributed by atoms with Crippen molar-refractivity contribution in [1.29, 1.82) is 5.26 Å². The summed E-state index contributed by atoms with van der Waals surface area (Å²) >= 11 is 0. The lowest BCUT2D eigenvalue weighted by atomic mass is 10.0. The minimum absolute atomic E-state index is 0.0106. The first-order chi connectivity index (χ1) is 17.8. The first-order valence-electron chi connectivity index (χ1n) is 12.0. The second-order valence-electron chi connectivity index (χ2n) is 9.93. The number of urea groups is 1. The summed E-state index contributed by atoms with van der Waals surface area (Å²) in [5.74, 6) is -0.619. The highest BCUT2D eigenvalue weighted by Crippen LogP contribution is 2.33. The van der Waals surface area contributed by atoms with Crippen molar-refractivity contribution in [3.63, 3.8) is 0 Å². The minimum atomic E-state index is -4.81. The van der Waals surface area contributed by atoms with Crippen molar-refractivity contribution in [3.8, 4) is 11.8 Å². The van der Waals surface area contributed by atoms with Gasteiger partial charge in [0, 0.05) is 14.7 Å². The van der Waals surface area contributed by atoms with Crippen molar-refractivity contribution in [1.82, 2.24) is 10.3 Å². The summed E-state index contributed by atoms with van der Waals surface area (Å²) in [6, 6.07) is 9.85. The van der Waals surface area contributed by atoms with Gasteiger partial charge in [0.2, 0.25) is 5.91 Å². The number of amides is 3. The molecule has 1 atom stereocenters. The van der Waals surface area contributed by atoms with E-state index in [1.807, 2.05) is 6.07 Å². The molecule has 2 heterocycles. The average Bonchev–Trinajstić information content (AvgIpc) is 2.84. The molecule has 204 valence electrons. The summed E-state index contributed by atoms with van der Waals surface area (Å²) in [5, 5.41) is 12.1. The van der Waals surface area contributed by atoms with E-state index in [0.29, 0.717) is 24.3 Å². The molecule has 1 aromatic carbocycles. The van der Waals surface area contributed by atoms with Crippen LogP contribution in [0.3, 0.4) is 0 Å². The van der Waals surface area contributed by atoms with Crippen molar-refractivity contribution in [2.45, 2.75) is 51.4 Å². The van der Waals surface area contributed by atoms with Crippen molar-refractivity contribution in [3.05, 3.63) is 47.7 Å². The first kappa shape index (κ1) is 28.9. The second-order valence-corrected chi connectivity index (χ2v) is 15.6. The molecule has 1 aliphatic heterocycles. The number of rotatable bonds is 9. The first-order valence-corrected chi connectivity index (χ1v) is 15.7. The van der Waals surface area contributed by atoms with E-state index in [-0.39, 0.29) is 36.4 Å². The van der Waals surface area contributed by atoms with Gasteiger partial charge in [0.25, 0.3) is 0 Å². The normalized spacial score (nSPS) is 14.5. The lowest BCUT2D eigenvalue weighted by molar-refractivity contribution is -0.274. The van der Waals surface area contributed by atoms with Gasteiger partial charge in [-0.1, -0.05) is 38.7 Å². The molecule has 1 aromatic heterocycles. The number of alkyl halides is 3. The lowest BCUT2D eigenvalue weighted by Crippen LogP contribution is -2.52. The Kier molecular flexibility index (Phi) is 9.00. The SMILES string of the molecule is CCC(NC(=O)N1CC(=O)N(COCC[Si](C)(C)C)c2ccc(C#N)nc21)c1ccc(OC(F)(F)F)cc1. The van der Waals surface area contributed by atoms with Crippen LogP contribution >= 0.6 is 0 Å². The van der Waals surface area contributed by atoms with Gasteiger partial charge in [-0.25, -0.2) is 9.78 Å². The quantitative estimate of drug-likeness (QED) is 0.341. The largest absolute Gasteiger partial charge is 0.573 e. The van der Waals surface area contributed by atoms with E-state index in [1.54, 1.807) is 13.0 Å². The predicted molar refractivity (Wildman–Crippen MR) is 137 cm³/mol. The van der Waals surface area contributed by atoms with Gasteiger partial charge in [0.15, 0.2) is 5.82 Å². The molecule has 0 spiro atoms. The van der Waals surface area contributed by atoms with Gasteiger partial charge in [0.05, 0.1) is 11.7 Å². The smallest absolute Gasteiger partial charge is 0.406 e. The number of pyridine rings is 1. The lowest BCUT2D eigenvalue weighted by Gasteiger charge is -2.35. The number of halogens is 3. The van der Waals surface area contributed by atoms with E-state index < -0.39 is 26.5 Å². The second kappa shape index (κ2) is 11.8. The number of benzene rings is 1. The highest BCUT2D eigenvalue weighted by Gasteiger charge is 2.35. The van der Waals surface area contributed by atoms with E-state index in [9.17, 15) is 28.0 Å². The molecule has 0 bridgehead atoms. The Morgan fingerprint density at radius 2 is 1.89 bits per heavy atom. The summed E-state index contributed by atoms with van der Waals surface area (Å²) in [6.45, 7) is 8.61. The Hall–Kier alpha value is -3.63. The van der Waals surface area contributed by atoms with Crippen LogP contribution in [0, 0.1) is 11.3 Å². The number of ether oxygens (including phenoxy) is 2. The molecule has 0 radical (unpaired) electrons. The summed E-state index contributed by atoms with van der Waals surface area (Å²) in [4.78, 5) is 33.2. The third-order valence-corrected chi connectivity index (χ3v) is 7.50. The molecular formula is C25H30F3N5O4Si. The molecule has 1 aliphatic rings. The third kappa shape index (κ3) is 7.69. The number of anilines is 2. The molecule has 9 nitrogen and oxygen atoms in total. The van der Waals surface area contributed by atoms with Crippen LogP contribution < -0.4 is 19.9 Å². The van der Waals surface area contributed by atoms with Crippen LogP contribution in [0.5, 0.6) is 5.75 Å². The molecule has 3 amide bonds. The maximum Gasteiger partial charge on any atom is 0.573 e. The minimum Gasteiger partial charge on any atom is -0.406 e. The molecule has 1 unspecified atom stereocenters. The van der Waals surface area contributed by atoms with Gasteiger partial charge in [-0.05, 0) is 42.3 Å². The number of hydrogen-bond acceptors (Lipinski definition) is 6. The summed E-state index contributed by atoms with van der Waals surface area (Å²) < 4.78 is 47.1. The van der Waals surface area contributed by atoms with Crippen molar-refractivity contribution >= 4 is 31.5 Å². The van der Waals surface area contributed by atoms with Crippen molar-refractivity contribution in [2.24, 2.45) is 0 Å². The van der Waals surface area contributed by atoms with Crippen LogP contribution in [0.15, 0.2) is 36.4 Å². The van der Waals surface area contributed by atoms with E-state index in [1.165, 1.54) is 23.1 Å². The number of nitriles is 1. The van der Waals surface area contributed by atoms with Crippen LogP contribution in [0.1, 0.15) is 30.6 Å². The summed E-state index contributed by atoms with van der Waals surface area (Å²) in [5.41, 5.74) is 0.961. The van der Waals surface area contributed by atoms with Crippen LogP contribution in [-0.4, -0.2) is 51.2 Å². The van der Waals surface area contributed by atoms with Crippen molar-refractivity contribution < 1.29 is 32.2 Å². The van der Waals surface area contributed by atoms with Gasteiger partial charge in [-0.2, -0.15) is 5.26 Å². The Morgan fingerprint density at radius 3 is 2.47 bits per heavy atom. The van der Waals surface area contributed by atoms with Gasteiger partial charge >= 0.3 is 12.4 Å². The van der Waals surface area contributed by atoms with Crippen LogP contribution in [0.25, 0.3) is 0 Å². The maximum absolute atomic E-state index is 13.3. The zero-order chi connectivity index (χ0) is 28.1. The third-order valence-electron chi connectivity index (χ3n) is 5.79. The standard InChI is InChI=1S/C25H30F3N5O4Si/c1-5-20(17-6-9-19(10-7-17)37-25(26,27)28)31-24(35)32-15-22(34)33(16-36-12-13-38(2,3)4)21-11-8-18(14-29)30-23(21)32/h6-11,20H,5,12-13,15-16H2,1-4H3,(H,31,35). The van der Waals surface area contributed by atoms with E-state index in [0.717, 1.165) is 23.1 Å². The van der Waals surface area contributed by atoms with Crippen molar-refractivity contribution in [2.75, 3.05) is 29.7 Å². The molecule has 0 saturated carbocycles.